The summed E-state index contributed by atoms with van der Waals surface area (Å²) in [6, 6.07) is 12.0. The summed E-state index contributed by atoms with van der Waals surface area (Å²) < 4.78 is 1.51. The van der Waals surface area contributed by atoms with Crippen molar-refractivity contribution in [2.45, 2.75) is 50.3 Å². The number of aliphatic hydroxyl groups is 1. The minimum atomic E-state index is -1.13. The molecule has 198 valence electrons. The number of likely N-dealkylation sites (tertiary alicyclic amines) is 1. The number of carbonyl (C=O) groups is 2. The first kappa shape index (κ1) is 25.6. The van der Waals surface area contributed by atoms with E-state index in [4.69, 9.17) is 11.6 Å². The molecule has 1 saturated carbocycles. The van der Waals surface area contributed by atoms with E-state index in [1.54, 1.807) is 17.2 Å². The summed E-state index contributed by atoms with van der Waals surface area (Å²) in [7, 11) is 0. The fourth-order valence-corrected chi connectivity index (χ4v) is 6.64. The molecule has 5 rings (SSSR count). The molecule has 1 aliphatic carbocycles. The minimum Gasteiger partial charge on any atom is -0.465 e. The predicted molar refractivity (Wildman–Crippen MR) is 139 cm³/mol. The molecule has 10 heteroatoms. The van der Waals surface area contributed by atoms with Gasteiger partial charge in [-0.1, -0.05) is 54.8 Å². The number of urea groups is 1. The van der Waals surface area contributed by atoms with Crippen LogP contribution in [0.2, 0.25) is 5.02 Å². The SMILES string of the molecule is O=C(O)N1CCN(C(=O)N2CCC(O)(Cn3ccc(Cl)cc3=O)C3(CCCC3)C2)C(c2ccccc2)C1. The number of halogens is 1. The van der Waals surface area contributed by atoms with Crippen LogP contribution in [0.25, 0.3) is 0 Å². The second-order valence-corrected chi connectivity index (χ2v) is 11.1. The lowest BCUT2D eigenvalue weighted by Gasteiger charge is -2.53. The highest BCUT2D eigenvalue weighted by atomic mass is 35.5. The van der Waals surface area contributed by atoms with Gasteiger partial charge in [0.2, 0.25) is 0 Å². The molecule has 1 aromatic carbocycles. The second kappa shape index (κ2) is 10.0. The van der Waals surface area contributed by atoms with Crippen LogP contribution in [0.15, 0.2) is 53.5 Å². The zero-order valence-electron chi connectivity index (χ0n) is 20.8. The fourth-order valence-electron chi connectivity index (χ4n) is 6.49. The fraction of sp³-hybridized carbons (Fsp3) is 0.519. The van der Waals surface area contributed by atoms with E-state index >= 15 is 0 Å². The van der Waals surface area contributed by atoms with Crippen molar-refractivity contribution >= 4 is 23.7 Å². The van der Waals surface area contributed by atoms with E-state index in [1.807, 2.05) is 35.2 Å². The molecule has 2 unspecified atom stereocenters. The summed E-state index contributed by atoms with van der Waals surface area (Å²) >= 11 is 5.96. The minimum absolute atomic E-state index is 0.129. The molecule has 37 heavy (non-hydrogen) atoms. The Hall–Kier alpha value is -3.04. The van der Waals surface area contributed by atoms with Crippen molar-refractivity contribution in [2.75, 3.05) is 32.7 Å². The molecule has 2 aromatic rings. The summed E-state index contributed by atoms with van der Waals surface area (Å²) in [4.78, 5) is 43.2. The second-order valence-electron chi connectivity index (χ2n) is 10.6. The molecular weight excluding hydrogens is 496 g/mol. The number of piperazine rings is 1. The summed E-state index contributed by atoms with van der Waals surface area (Å²) in [5.74, 6) is 0. The highest BCUT2D eigenvalue weighted by Crippen LogP contribution is 2.51. The number of hydrogen-bond donors (Lipinski definition) is 2. The van der Waals surface area contributed by atoms with Gasteiger partial charge in [0.15, 0.2) is 0 Å². The standard InChI is InChI=1S/C27H33ClN4O5/c28-21-8-12-30(23(33)16-21)19-27(37)11-13-31(18-26(27)9-4-5-10-26)24(34)32-15-14-29(25(35)36)17-22(32)20-6-2-1-3-7-20/h1-3,6-8,12,16,22,37H,4-5,9-11,13-15,17-19H2,(H,35,36). The topological polar surface area (TPSA) is 106 Å². The van der Waals surface area contributed by atoms with E-state index in [1.165, 1.54) is 15.5 Å². The summed E-state index contributed by atoms with van der Waals surface area (Å²) in [5, 5.41) is 21.9. The first-order valence-electron chi connectivity index (χ1n) is 12.9. The molecule has 2 N–H and O–H groups in total. The number of carbonyl (C=O) groups excluding carboxylic acids is 1. The van der Waals surface area contributed by atoms with E-state index in [9.17, 15) is 24.6 Å². The average molecular weight is 529 g/mol. The van der Waals surface area contributed by atoms with Gasteiger partial charge in [0, 0.05) is 55.4 Å². The molecule has 0 bridgehead atoms. The van der Waals surface area contributed by atoms with Gasteiger partial charge >= 0.3 is 12.1 Å². The number of nitrogens with zero attached hydrogens (tertiary/aromatic N) is 4. The Morgan fingerprint density at radius 3 is 2.41 bits per heavy atom. The third-order valence-corrected chi connectivity index (χ3v) is 8.81. The Morgan fingerprint density at radius 2 is 1.73 bits per heavy atom. The van der Waals surface area contributed by atoms with Crippen molar-refractivity contribution in [2.24, 2.45) is 5.41 Å². The molecular formula is C27H33ClN4O5. The van der Waals surface area contributed by atoms with Gasteiger partial charge < -0.3 is 29.5 Å². The van der Waals surface area contributed by atoms with E-state index in [0.29, 0.717) is 31.1 Å². The zero-order chi connectivity index (χ0) is 26.2. The zero-order valence-corrected chi connectivity index (χ0v) is 21.5. The number of carboxylic acid groups (broad SMARTS) is 1. The van der Waals surface area contributed by atoms with Crippen molar-refractivity contribution in [1.29, 1.82) is 0 Å². The van der Waals surface area contributed by atoms with Gasteiger partial charge in [0.05, 0.1) is 18.2 Å². The van der Waals surface area contributed by atoms with E-state index in [2.05, 4.69) is 0 Å². The third kappa shape index (κ3) is 4.82. The van der Waals surface area contributed by atoms with Gasteiger partial charge in [0.25, 0.3) is 5.56 Å². The van der Waals surface area contributed by atoms with E-state index < -0.39 is 17.1 Å². The lowest BCUT2D eigenvalue weighted by molar-refractivity contribution is -0.137. The number of rotatable bonds is 3. The Kier molecular flexibility index (Phi) is 6.93. The van der Waals surface area contributed by atoms with Crippen LogP contribution >= 0.6 is 11.6 Å². The molecule has 2 aliphatic heterocycles. The average Bonchev–Trinajstić information content (AvgIpc) is 3.37. The summed E-state index contributed by atoms with van der Waals surface area (Å²) in [5.41, 5.74) is -0.994. The summed E-state index contributed by atoms with van der Waals surface area (Å²) in [6.45, 7) is 1.71. The number of benzene rings is 1. The molecule has 1 aromatic heterocycles. The van der Waals surface area contributed by atoms with Crippen molar-refractivity contribution in [1.82, 2.24) is 19.3 Å². The van der Waals surface area contributed by atoms with Gasteiger partial charge in [-0.3, -0.25) is 4.79 Å². The maximum atomic E-state index is 13.9. The van der Waals surface area contributed by atoms with Crippen LogP contribution in [0, 0.1) is 5.41 Å². The van der Waals surface area contributed by atoms with E-state index in [0.717, 1.165) is 31.2 Å². The van der Waals surface area contributed by atoms with Gasteiger partial charge in [0.1, 0.15) is 0 Å². The Morgan fingerprint density at radius 1 is 1.00 bits per heavy atom. The first-order chi connectivity index (χ1) is 17.7. The molecule has 3 aliphatic rings. The molecule has 2 atom stereocenters. The van der Waals surface area contributed by atoms with Crippen LogP contribution in [-0.4, -0.2) is 79.9 Å². The molecule has 0 radical (unpaired) electrons. The largest absolute Gasteiger partial charge is 0.465 e. The number of pyridine rings is 1. The molecule has 3 heterocycles. The van der Waals surface area contributed by atoms with Crippen molar-refractivity contribution in [3.8, 4) is 0 Å². The smallest absolute Gasteiger partial charge is 0.407 e. The van der Waals surface area contributed by atoms with Crippen LogP contribution in [0.4, 0.5) is 9.59 Å². The lowest BCUT2D eigenvalue weighted by atomic mass is 9.66. The van der Waals surface area contributed by atoms with Crippen LogP contribution < -0.4 is 5.56 Å². The molecule has 3 fully saturated rings. The summed E-state index contributed by atoms with van der Waals surface area (Å²) in [6.07, 6.45) is 4.48. The number of amides is 3. The van der Waals surface area contributed by atoms with Crippen molar-refractivity contribution in [3.63, 3.8) is 0 Å². The van der Waals surface area contributed by atoms with Gasteiger partial charge in [-0.25, -0.2) is 9.59 Å². The quantitative estimate of drug-likeness (QED) is 0.632. The predicted octanol–water partition coefficient (Wildman–Crippen LogP) is 3.66. The first-order valence-corrected chi connectivity index (χ1v) is 13.3. The van der Waals surface area contributed by atoms with Crippen LogP contribution in [0.5, 0.6) is 0 Å². The van der Waals surface area contributed by atoms with E-state index in [-0.39, 0.29) is 37.3 Å². The van der Waals surface area contributed by atoms with Gasteiger partial charge in [-0.05, 0) is 30.9 Å². The van der Waals surface area contributed by atoms with Crippen LogP contribution in [-0.2, 0) is 6.54 Å². The lowest BCUT2D eigenvalue weighted by Crippen LogP contribution is -2.64. The van der Waals surface area contributed by atoms with Crippen molar-refractivity contribution < 1.29 is 19.8 Å². The number of piperidine rings is 1. The highest BCUT2D eigenvalue weighted by molar-refractivity contribution is 6.30. The Balaban J connectivity index is 1.39. The third-order valence-electron chi connectivity index (χ3n) is 8.58. The maximum Gasteiger partial charge on any atom is 0.407 e. The number of aromatic nitrogens is 1. The highest BCUT2D eigenvalue weighted by Gasteiger charge is 2.56. The molecule has 9 nitrogen and oxygen atoms in total. The number of hydrogen-bond acceptors (Lipinski definition) is 4. The van der Waals surface area contributed by atoms with Crippen LogP contribution in [0.3, 0.4) is 0 Å². The normalized spacial score (nSPS) is 25.5. The van der Waals surface area contributed by atoms with Gasteiger partial charge in [-0.15, -0.1) is 0 Å². The monoisotopic (exact) mass is 528 g/mol. The Labute approximate surface area is 220 Å². The van der Waals surface area contributed by atoms with Crippen LogP contribution in [0.1, 0.15) is 43.7 Å². The molecule has 2 saturated heterocycles. The van der Waals surface area contributed by atoms with Gasteiger partial charge in [-0.2, -0.15) is 0 Å². The van der Waals surface area contributed by atoms with Crippen molar-refractivity contribution in [3.05, 3.63) is 69.6 Å². The molecule has 1 spiro atoms. The molecule has 3 amide bonds. The Bertz CT molecular complexity index is 1210. The maximum absolute atomic E-state index is 13.9.